The van der Waals surface area contributed by atoms with Crippen LogP contribution in [-0.2, 0) is 11.3 Å². The Balaban J connectivity index is 1.82. The van der Waals surface area contributed by atoms with E-state index in [4.69, 9.17) is 10.5 Å². The van der Waals surface area contributed by atoms with E-state index in [1.54, 1.807) is 0 Å². The number of amides is 1. The third-order valence-electron chi connectivity index (χ3n) is 4.13. The molecule has 4 N–H and O–H groups in total. The van der Waals surface area contributed by atoms with Crippen molar-refractivity contribution in [3.8, 4) is 11.8 Å². The van der Waals surface area contributed by atoms with Gasteiger partial charge in [0.1, 0.15) is 12.4 Å². The van der Waals surface area contributed by atoms with E-state index in [9.17, 15) is 4.79 Å². The molecule has 0 aliphatic carbocycles. The summed E-state index contributed by atoms with van der Waals surface area (Å²) in [7, 11) is 0. The van der Waals surface area contributed by atoms with Crippen LogP contribution in [0.4, 0.5) is 16.6 Å². The van der Waals surface area contributed by atoms with Crippen LogP contribution in [0.5, 0.6) is 0 Å². The predicted octanol–water partition coefficient (Wildman–Crippen LogP) is 3.64. The van der Waals surface area contributed by atoms with Gasteiger partial charge in [-0.15, -0.1) is 0 Å². The minimum absolute atomic E-state index is 0.230. The monoisotopic (exact) mass is 395 g/mol. The van der Waals surface area contributed by atoms with Crippen molar-refractivity contribution < 1.29 is 9.53 Å². The van der Waals surface area contributed by atoms with E-state index in [1.807, 2.05) is 37.3 Å². The molecule has 0 aliphatic heterocycles. The smallest absolute Gasteiger partial charge is 0.407 e. The molecule has 2 aromatic rings. The molecule has 154 valence electrons. The summed E-state index contributed by atoms with van der Waals surface area (Å²) in [6, 6.07) is 9.54. The summed E-state index contributed by atoms with van der Waals surface area (Å²) in [5.74, 6) is 7.04. The van der Waals surface area contributed by atoms with Crippen molar-refractivity contribution in [1.82, 2.24) is 15.3 Å². The van der Waals surface area contributed by atoms with Crippen LogP contribution in [0, 0.1) is 18.8 Å². The summed E-state index contributed by atoms with van der Waals surface area (Å²) in [5.41, 5.74) is 8.18. The fourth-order valence-corrected chi connectivity index (χ4v) is 2.61. The first-order valence-corrected chi connectivity index (χ1v) is 9.91. The third kappa shape index (κ3) is 8.09. The van der Waals surface area contributed by atoms with E-state index in [2.05, 4.69) is 39.4 Å². The number of nitrogens with two attached hydrogens (primary N) is 1. The Morgan fingerprint density at radius 1 is 1.17 bits per heavy atom. The highest BCUT2D eigenvalue weighted by molar-refractivity contribution is 5.67. The molecule has 7 nitrogen and oxygen atoms in total. The molecule has 2 rings (SSSR count). The van der Waals surface area contributed by atoms with Gasteiger partial charge in [-0.3, -0.25) is 0 Å². The van der Waals surface area contributed by atoms with Crippen molar-refractivity contribution >= 4 is 17.9 Å². The molecule has 1 aromatic heterocycles. The summed E-state index contributed by atoms with van der Waals surface area (Å²) < 4.78 is 5.17. The minimum Gasteiger partial charge on any atom is -0.445 e. The Bertz CT molecular complexity index is 844. The predicted molar refractivity (Wildman–Crippen MR) is 115 cm³/mol. The SMILES string of the molecule is CCCCCNc1nc(N)nc(C)c1C#CCCNC(=O)OCc1ccccc1. The topological polar surface area (TPSA) is 102 Å². The zero-order valence-corrected chi connectivity index (χ0v) is 17.1. The van der Waals surface area contributed by atoms with Crippen molar-refractivity contribution in [1.29, 1.82) is 0 Å². The molecule has 1 aromatic carbocycles. The van der Waals surface area contributed by atoms with Crippen LogP contribution in [0.15, 0.2) is 30.3 Å². The number of nitrogens with one attached hydrogen (secondary N) is 2. The zero-order chi connectivity index (χ0) is 20.9. The molecule has 0 unspecified atom stereocenters. The maximum Gasteiger partial charge on any atom is 0.407 e. The van der Waals surface area contributed by atoms with Crippen LogP contribution in [0.3, 0.4) is 0 Å². The van der Waals surface area contributed by atoms with E-state index in [0.717, 1.165) is 42.6 Å². The van der Waals surface area contributed by atoms with Gasteiger partial charge in [0.05, 0.1) is 11.3 Å². The first-order chi connectivity index (χ1) is 14.1. The molecule has 0 saturated heterocycles. The molecular formula is C22H29N5O2. The quantitative estimate of drug-likeness (QED) is 0.443. The van der Waals surface area contributed by atoms with E-state index < -0.39 is 6.09 Å². The van der Waals surface area contributed by atoms with Crippen molar-refractivity contribution in [3.63, 3.8) is 0 Å². The number of unbranched alkanes of at least 4 members (excludes halogenated alkanes) is 2. The normalized spacial score (nSPS) is 10.0. The Kier molecular flexibility index (Phi) is 9.30. The number of hydrogen-bond donors (Lipinski definition) is 3. The second-order valence-corrected chi connectivity index (χ2v) is 6.56. The highest BCUT2D eigenvalue weighted by atomic mass is 16.5. The largest absolute Gasteiger partial charge is 0.445 e. The van der Waals surface area contributed by atoms with Gasteiger partial charge in [0.25, 0.3) is 0 Å². The van der Waals surface area contributed by atoms with E-state index in [0.29, 0.717) is 18.8 Å². The Morgan fingerprint density at radius 3 is 2.72 bits per heavy atom. The van der Waals surface area contributed by atoms with E-state index in [-0.39, 0.29) is 12.6 Å². The van der Waals surface area contributed by atoms with Crippen molar-refractivity contribution in [2.45, 2.75) is 46.1 Å². The number of alkyl carbamates (subject to hydrolysis) is 1. The third-order valence-corrected chi connectivity index (χ3v) is 4.13. The highest BCUT2D eigenvalue weighted by Gasteiger charge is 2.08. The van der Waals surface area contributed by atoms with Crippen molar-refractivity contribution in [3.05, 3.63) is 47.2 Å². The number of nitrogens with zero attached hydrogens (tertiary/aromatic N) is 2. The number of carbonyl (C=O) groups is 1. The van der Waals surface area contributed by atoms with Gasteiger partial charge in [-0.05, 0) is 18.9 Å². The summed E-state index contributed by atoms with van der Waals surface area (Å²) in [6.07, 6.45) is 3.39. The number of aryl methyl sites for hydroxylation is 1. The fraction of sp³-hybridized carbons (Fsp3) is 0.409. The Morgan fingerprint density at radius 2 is 1.97 bits per heavy atom. The van der Waals surface area contributed by atoms with Crippen LogP contribution >= 0.6 is 0 Å². The van der Waals surface area contributed by atoms with Crippen LogP contribution in [-0.4, -0.2) is 29.2 Å². The first kappa shape index (κ1) is 22.0. The number of hydrogen-bond acceptors (Lipinski definition) is 6. The second kappa shape index (κ2) is 12.2. The second-order valence-electron chi connectivity index (χ2n) is 6.56. The number of rotatable bonds is 9. The minimum atomic E-state index is -0.457. The lowest BCUT2D eigenvalue weighted by Gasteiger charge is -2.10. The molecule has 0 aliphatic rings. The van der Waals surface area contributed by atoms with Gasteiger partial charge in [-0.25, -0.2) is 9.78 Å². The zero-order valence-electron chi connectivity index (χ0n) is 17.1. The van der Waals surface area contributed by atoms with Gasteiger partial charge in [0.15, 0.2) is 0 Å². The van der Waals surface area contributed by atoms with E-state index >= 15 is 0 Å². The molecule has 1 heterocycles. The van der Waals surface area contributed by atoms with Gasteiger partial charge in [0.2, 0.25) is 5.95 Å². The molecular weight excluding hydrogens is 366 g/mol. The number of nitrogen functional groups attached to an aromatic ring is 1. The first-order valence-electron chi connectivity index (χ1n) is 9.91. The summed E-state index contributed by atoms with van der Waals surface area (Å²) in [6.45, 7) is 5.48. The lowest BCUT2D eigenvalue weighted by Crippen LogP contribution is -2.24. The molecule has 7 heteroatoms. The lowest BCUT2D eigenvalue weighted by atomic mass is 10.2. The van der Waals surface area contributed by atoms with Crippen LogP contribution < -0.4 is 16.4 Å². The maximum atomic E-state index is 11.7. The fourth-order valence-electron chi connectivity index (χ4n) is 2.61. The van der Waals surface area contributed by atoms with Gasteiger partial charge >= 0.3 is 6.09 Å². The summed E-state index contributed by atoms with van der Waals surface area (Å²) in [5, 5.41) is 5.99. The lowest BCUT2D eigenvalue weighted by molar-refractivity contribution is 0.140. The van der Waals surface area contributed by atoms with Gasteiger partial charge in [-0.1, -0.05) is 61.9 Å². The Labute approximate surface area is 172 Å². The highest BCUT2D eigenvalue weighted by Crippen LogP contribution is 2.16. The number of benzene rings is 1. The van der Waals surface area contributed by atoms with Crippen LogP contribution in [0.25, 0.3) is 0 Å². The maximum absolute atomic E-state index is 11.7. The Hall–Kier alpha value is -3.27. The molecule has 29 heavy (non-hydrogen) atoms. The average molecular weight is 396 g/mol. The summed E-state index contributed by atoms with van der Waals surface area (Å²) in [4.78, 5) is 20.2. The standard InChI is InChI=1S/C22H29N5O2/c1-3-4-9-14-24-20-19(17(2)26-21(23)27-20)13-8-10-15-25-22(28)29-16-18-11-6-5-7-12-18/h5-7,11-12H,3-4,9-10,14-16H2,1-2H3,(H,25,28)(H3,23,24,26,27). The average Bonchev–Trinajstić information content (AvgIpc) is 2.71. The number of carbonyl (C=O) groups excluding carboxylic acids is 1. The summed E-state index contributed by atoms with van der Waals surface area (Å²) >= 11 is 0. The van der Waals surface area contributed by atoms with Crippen LogP contribution in [0.1, 0.15) is 49.4 Å². The number of aromatic nitrogens is 2. The molecule has 0 bridgehead atoms. The molecule has 0 fully saturated rings. The van der Waals surface area contributed by atoms with Gasteiger partial charge < -0.3 is 21.1 Å². The molecule has 1 amide bonds. The molecule has 0 atom stereocenters. The van der Waals surface area contributed by atoms with Gasteiger partial charge in [-0.2, -0.15) is 4.98 Å². The van der Waals surface area contributed by atoms with Gasteiger partial charge in [0, 0.05) is 19.5 Å². The van der Waals surface area contributed by atoms with Crippen molar-refractivity contribution in [2.24, 2.45) is 0 Å². The number of ether oxygens (including phenoxy) is 1. The van der Waals surface area contributed by atoms with Crippen molar-refractivity contribution in [2.75, 3.05) is 24.1 Å². The van der Waals surface area contributed by atoms with Crippen LogP contribution in [0.2, 0.25) is 0 Å². The molecule has 0 saturated carbocycles. The van der Waals surface area contributed by atoms with E-state index in [1.165, 1.54) is 0 Å². The molecule has 0 spiro atoms. The number of anilines is 2. The molecule has 0 radical (unpaired) electrons.